The summed E-state index contributed by atoms with van der Waals surface area (Å²) in [6.45, 7) is 1.94. The molecule has 0 aliphatic carbocycles. The number of hydrogen-bond donors (Lipinski definition) is 1. The molecule has 6 nitrogen and oxygen atoms in total. The summed E-state index contributed by atoms with van der Waals surface area (Å²) >= 11 is 3.22. The summed E-state index contributed by atoms with van der Waals surface area (Å²) in [7, 11) is 1.92. The first-order chi connectivity index (χ1) is 9.58. The second-order valence-corrected chi connectivity index (χ2v) is 6.94. The van der Waals surface area contributed by atoms with Crippen LogP contribution in [0.2, 0.25) is 0 Å². The average Bonchev–Trinajstić information content (AvgIpc) is 3.06. The lowest BCUT2D eigenvalue weighted by atomic mass is 10.2. The topological polar surface area (TPSA) is 72.9 Å². The van der Waals surface area contributed by atoms with E-state index in [1.807, 2.05) is 30.4 Å². The lowest BCUT2D eigenvalue weighted by Gasteiger charge is -2.15. The molecule has 1 unspecified atom stereocenters. The number of rotatable bonds is 4. The fraction of sp³-hybridized carbons (Fsp3) is 0.583. The molecule has 0 aromatic carbocycles. The highest BCUT2D eigenvalue weighted by atomic mass is 32.2. The Bertz CT molecular complexity index is 658. The Morgan fingerprint density at radius 2 is 2.40 bits per heavy atom. The average molecular weight is 312 g/mol. The van der Waals surface area contributed by atoms with Gasteiger partial charge >= 0.3 is 5.97 Å². The molecule has 3 heterocycles. The minimum Gasteiger partial charge on any atom is -0.481 e. The molecule has 3 rings (SSSR count). The van der Waals surface area contributed by atoms with E-state index in [2.05, 4.69) is 14.6 Å². The van der Waals surface area contributed by atoms with Gasteiger partial charge in [0.2, 0.25) is 0 Å². The smallest absolute Gasteiger partial charge is 0.313 e. The van der Waals surface area contributed by atoms with Crippen LogP contribution in [0.5, 0.6) is 0 Å². The molecule has 1 aliphatic heterocycles. The van der Waals surface area contributed by atoms with Crippen molar-refractivity contribution in [3.63, 3.8) is 0 Å². The fourth-order valence-electron chi connectivity index (χ4n) is 2.56. The molecule has 1 atom stereocenters. The SMILES string of the molecule is Cc1nn(C)c2c1nc(SCC(=O)O)n2C1CCSC1. The maximum atomic E-state index is 10.8. The summed E-state index contributed by atoms with van der Waals surface area (Å²) < 4.78 is 4.04. The van der Waals surface area contributed by atoms with Crippen molar-refractivity contribution < 1.29 is 9.90 Å². The Balaban J connectivity index is 2.09. The predicted octanol–water partition coefficient (Wildman–Crippen LogP) is 1.93. The van der Waals surface area contributed by atoms with E-state index in [0.29, 0.717) is 6.04 Å². The van der Waals surface area contributed by atoms with Crippen molar-refractivity contribution in [2.24, 2.45) is 7.05 Å². The third kappa shape index (κ3) is 2.31. The first kappa shape index (κ1) is 13.8. The molecule has 2 aromatic heterocycles. The zero-order valence-corrected chi connectivity index (χ0v) is 13.0. The zero-order chi connectivity index (χ0) is 14.3. The van der Waals surface area contributed by atoms with Crippen LogP contribution in [0.15, 0.2) is 5.16 Å². The molecule has 8 heteroatoms. The van der Waals surface area contributed by atoms with Gasteiger partial charge in [-0.3, -0.25) is 14.0 Å². The van der Waals surface area contributed by atoms with Crippen LogP contribution in [0, 0.1) is 6.92 Å². The number of carboxylic acids is 1. The monoisotopic (exact) mass is 312 g/mol. The van der Waals surface area contributed by atoms with Crippen molar-refractivity contribution in [3.05, 3.63) is 5.69 Å². The lowest BCUT2D eigenvalue weighted by molar-refractivity contribution is -0.133. The van der Waals surface area contributed by atoms with Crippen LogP contribution >= 0.6 is 23.5 Å². The van der Waals surface area contributed by atoms with E-state index < -0.39 is 5.97 Å². The largest absolute Gasteiger partial charge is 0.481 e. The molecule has 0 amide bonds. The van der Waals surface area contributed by atoms with Gasteiger partial charge in [0, 0.05) is 18.8 Å². The molecule has 0 bridgehead atoms. The fourth-order valence-corrected chi connectivity index (χ4v) is 4.54. The zero-order valence-electron chi connectivity index (χ0n) is 11.4. The van der Waals surface area contributed by atoms with Crippen molar-refractivity contribution in [3.8, 4) is 0 Å². The van der Waals surface area contributed by atoms with E-state index in [1.165, 1.54) is 11.8 Å². The Kier molecular flexibility index (Phi) is 3.68. The summed E-state index contributed by atoms with van der Waals surface area (Å²) in [5.74, 6) is 1.42. The number of aryl methyl sites for hydroxylation is 2. The van der Waals surface area contributed by atoms with Crippen LogP contribution in [0.1, 0.15) is 18.2 Å². The number of carbonyl (C=O) groups is 1. The van der Waals surface area contributed by atoms with Gasteiger partial charge in [-0.05, 0) is 19.1 Å². The van der Waals surface area contributed by atoms with E-state index in [9.17, 15) is 4.79 Å². The van der Waals surface area contributed by atoms with Gasteiger partial charge in [0.15, 0.2) is 10.8 Å². The van der Waals surface area contributed by atoms with Crippen LogP contribution in [0.25, 0.3) is 11.2 Å². The van der Waals surface area contributed by atoms with Crippen LogP contribution in [0.3, 0.4) is 0 Å². The summed E-state index contributed by atoms with van der Waals surface area (Å²) in [6.07, 6.45) is 1.10. The molecule has 20 heavy (non-hydrogen) atoms. The number of imidazole rings is 1. The Hall–Kier alpha value is -1.15. The molecular formula is C12H16N4O2S2. The Morgan fingerprint density at radius 1 is 1.60 bits per heavy atom. The Morgan fingerprint density at radius 3 is 3.05 bits per heavy atom. The molecular weight excluding hydrogens is 296 g/mol. The highest BCUT2D eigenvalue weighted by Crippen LogP contribution is 2.35. The quantitative estimate of drug-likeness (QED) is 0.870. The number of hydrogen-bond acceptors (Lipinski definition) is 5. The molecule has 1 fully saturated rings. The molecule has 108 valence electrons. The molecule has 1 aliphatic rings. The van der Waals surface area contributed by atoms with Crippen molar-refractivity contribution >= 4 is 40.7 Å². The number of aromatic nitrogens is 4. The minimum atomic E-state index is -0.816. The number of nitrogens with zero attached hydrogens (tertiary/aromatic N) is 4. The van der Waals surface area contributed by atoms with Crippen LogP contribution < -0.4 is 0 Å². The van der Waals surface area contributed by atoms with E-state index in [4.69, 9.17) is 5.11 Å². The number of aliphatic carboxylic acids is 1. The summed E-state index contributed by atoms with van der Waals surface area (Å²) in [4.78, 5) is 15.4. The highest BCUT2D eigenvalue weighted by Gasteiger charge is 2.26. The van der Waals surface area contributed by atoms with Crippen LogP contribution in [-0.2, 0) is 11.8 Å². The summed E-state index contributed by atoms with van der Waals surface area (Å²) in [6, 6.07) is 0.385. The van der Waals surface area contributed by atoms with Crippen LogP contribution in [0.4, 0.5) is 0 Å². The van der Waals surface area contributed by atoms with E-state index in [0.717, 1.165) is 39.9 Å². The molecule has 2 aromatic rings. The highest BCUT2D eigenvalue weighted by molar-refractivity contribution is 8.00. The van der Waals surface area contributed by atoms with Crippen molar-refractivity contribution in [2.45, 2.75) is 24.5 Å². The van der Waals surface area contributed by atoms with E-state index in [1.54, 1.807) is 0 Å². The number of fused-ring (bicyclic) bond motifs is 1. The standard InChI is InChI=1S/C12H16N4O2S2/c1-7-10-11(15(2)14-7)16(8-3-4-19-5-8)12(13-10)20-6-9(17)18/h8H,3-6H2,1-2H3,(H,17,18). The van der Waals surface area contributed by atoms with Gasteiger partial charge in [-0.1, -0.05) is 11.8 Å². The normalized spacial score (nSPS) is 19.0. The van der Waals surface area contributed by atoms with Gasteiger partial charge < -0.3 is 5.11 Å². The minimum absolute atomic E-state index is 0.0374. The second-order valence-electron chi connectivity index (χ2n) is 4.85. The van der Waals surface area contributed by atoms with E-state index in [-0.39, 0.29) is 5.75 Å². The van der Waals surface area contributed by atoms with Gasteiger partial charge in [0.25, 0.3) is 0 Å². The van der Waals surface area contributed by atoms with Crippen LogP contribution in [-0.4, -0.2) is 47.7 Å². The first-order valence-corrected chi connectivity index (χ1v) is 8.56. The summed E-state index contributed by atoms with van der Waals surface area (Å²) in [5.41, 5.74) is 2.78. The third-order valence-electron chi connectivity index (χ3n) is 3.40. The first-order valence-electron chi connectivity index (χ1n) is 6.41. The third-order valence-corrected chi connectivity index (χ3v) is 5.48. The maximum Gasteiger partial charge on any atom is 0.313 e. The number of carboxylic acid groups (broad SMARTS) is 1. The summed E-state index contributed by atoms with van der Waals surface area (Å²) in [5, 5.41) is 14.1. The maximum absolute atomic E-state index is 10.8. The van der Waals surface area contributed by atoms with Crippen molar-refractivity contribution in [2.75, 3.05) is 17.3 Å². The van der Waals surface area contributed by atoms with Gasteiger partial charge in [-0.25, -0.2) is 4.98 Å². The number of thioether (sulfide) groups is 2. The molecule has 1 saturated heterocycles. The van der Waals surface area contributed by atoms with Crippen molar-refractivity contribution in [1.82, 2.24) is 19.3 Å². The predicted molar refractivity (Wildman–Crippen MR) is 80.6 cm³/mol. The lowest BCUT2D eigenvalue weighted by Crippen LogP contribution is -2.12. The van der Waals surface area contributed by atoms with Crippen molar-refractivity contribution in [1.29, 1.82) is 0 Å². The van der Waals surface area contributed by atoms with Gasteiger partial charge in [0.05, 0.1) is 11.4 Å². The van der Waals surface area contributed by atoms with Gasteiger partial charge in [0.1, 0.15) is 5.52 Å². The molecule has 1 N–H and O–H groups in total. The Labute approximate surface area is 124 Å². The molecule has 0 radical (unpaired) electrons. The molecule has 0 spiro atoms. The second kappa shape index (κ2) is 5.33. The van der Waals surface area contributed by atoms with Gasteiger partial charge in [-0.2, -0.15) is 16.9 Å². The molecule has 0 saturated carbocycles. The van der Waals surface area contributed by atoms with Gasteiger partial charge in [-0.15, -0.1) is 0 Å². The van der Waals surface area contributed by atoms with E-state index >= 15 is 0 Å².